The fourth-order valence-electron chi connectivity index (χ4n) is 2.59. The zero-order valence-electron chi connectivity index (χ0n) is 14.1. The summed E-state index contributed by atoms with van der Waals surface area (Å²) in [5, 5.41) is 11.9. The van der Waals surface area contributed by atoms with Gasteiger partial charge in [0.25, 0.3) is 5.91 Å². The first-order valence-electron chi connectivity index (χ1n) is 8.26. The molecule has 0 unspecified atom stereocenters. The first-order valence-corrected chi connectivity index (χ1v) is 10.1. The number of nitrogens with zero attached hydrogens (tertiary/aromatic N) is 1. The van der Waals surface area contributed by atoms with Crippen molar-refractivity contribution in [1.82, 2.24) is 20.9 Å². The van der Waals surface area contributed by atoms with Gasteiger partial charge in [0.05, 0.1) is 11.0 Å². The number of sulfonamides is 1. The third-order valence-electron chi connectivity index (χ3n) is 3.94. The Morgan fingerprint density at radius 3 is 2.46 bits per heavy atom. The van der Waals surface area contributed by atoms with Crippen molar-refractivity contribution >= 4 is 33.3 Å². The lowest BCUT2D eigenvalue weighted by molar-refractivity contribution is 0.0943. The minimum atomic E-state index is -3.69. The lowest BCUT2D eigenvalue weighted by Gasteiger charge is -2.16. The van der Waals surface area contributed by atoms with Crippen molar-refractivity contribution in [3.8, 4) is 6.07 Å². The van der Waals surface area contributed by atoms with Crippen LogP contribution in [0.15, 0.2) is 29.2 Å². The highest BCUT2D eigenvalue weighted by molar-refractivity contribution is 7.89. The fourth-order valence-corrected chi connectivity index (χ4v) is 3.84. The van der Waals surface area contributed by atoms with E-state index < -0.39 is 15.9 Å². The van der Waals surface area contributed by atoms with Gasteiger partial charge in [0.1, 0.15) is 0 Å². The zero-order valence-corrected chi connectivity index (χ0v) is 15.8. The Morgan fingerprint density at radius 1 is 1.19 bits per heavy atom. The summed E-state index contributed by atoms with van der Waals surface area (Å²) in [4.78, 5) is 12.1. The number of hydrazine groups is 1. The van der Waals surface area contributed by atoms with Crippen LogP contribution in [0.5, 0.6) is 0 Å². The van der Waals surface area contributed by atoms with Gasteiger partial charge >= 0.3 is 0 Å². The second kappa shape index (κ2) is 9.47. The molecule has 0 spiro atoms. The van der Waals surface area contributed by atoms with Crippen LogP contribution in [0.4, 0.5) is 0 Å². The summed E-state index contributed by atoms with van der Waals surface area (Å²) in [5.41, 5.74) is 5.41. The van der Waals surface area contributed by atoms with E-state index in [0.717, 1.165) is 12.8 Å². The van der Waals surface area contributed by atoms with E-state index in [1.807, 2.05) is 6.07 Å². The molecule has 1 amide bonds. The van der Waals surface area contributed by atoms with Crippen molar-refractivity contribution < 1.29 is 13.2 Å². The van der Waals surface area contributed by atoms with Crippen LogP contribution >= 0.6 is 12.2 Å². The lowest BCUT2D eigenvalue weighted by atomic mass is 10.2. The molecular weight excluding hydrogens is 374 g/mol. The van der Waals surface area contributed by atoms with E-state index in [4.69, 9.17) is 17.5 Å². The summed E-state index contributed by atoms with van der Waals surface area (Å²) in [6.45, 7) is 0.0381. The second-order valence-corrected chi connectivity index (χ2v) is 8.04. The van der Waals surface area contributed by atoms with Crippen LogP contribution in [-0.2, 0) is 10.0 Å². The molecule has 140 valence electrons. The minimum Gasteiger partial charge on any atom is -0.359 e. The number of benzene rings is 1. The molecule has 4 N–H and O–H groups in total. The maximum atomic E-state index is 12.1. The van der Waals surface area contributed by atoms with Crippen LogP contribution < -0.4 is 20.9 Å². The number of carbonyl (C=O) groups is 1. The second-order valence-electron chi connectivity index (χ2n) is 5.86. The molecular formula is C16H21N5O3S2. The van der Waals surface area contributed by atoms with Crippen molar-refractivity contribution in [2.24, 2.45) is 0 Å². The summed E-state index contributed by atoms with van der Waals surface area (Å²) < 4.78 is 26.3. The van der Waals surface area contributed by atoms with Gasteiger partial charge in [0.15, 0.2) is 5.11 Å². The molecule has 2 rings (SSSR count). The number of carbonyl (C=O) groups excluding carboxylic acids is 1. The third-order valence-corrected chi connectivity index (χ3v) is 5.63. The Labute approximate surface area is 158 Å². The molecule has 10 heteroatoms. The molecule has 0 heterocycles. The minimum absolute atomic E-state index is 0.0263. The Kier molecular flexibility index (Phi) is 7.32. The smallest absolute Gasteiger partial charge is 0.269 e. The van der Waals surface area contributed by atoms with Crippen LogP contribution in [0.1, 0.15) is 42.5 Å². The first-order chi connectivity index (χ1) is 12.4. The van der Waals surface area contributed by atoms with Crippen LogP contribution in [0.3, 0.4) is 0 Å². The SMILES string of the molecule is N#CCCNS(=O)(=O)c1ccc(C(=O)NNC(=S)NC2CCCC2)cc1. The van der Waals surface area contributed by atoms with Gasteiger partial charge in [-0.2, -0.15) is 5.26 Å². The predicted molar refractivity (Wildman–Crippen MR) is 100 cm³/mol. The third kappa shape index (κ3) is 5.94. The molecule has 0 saturated heterocycles. The van der Waals surface area contributed by atoms with E-state index in [9.17, 15) is 13.2 Å². The number of thiocarbonyl (C=S) groups is 1. The maximum absolute atomic E-state index is 12.1. The summed E-state index contributed by atoms with van der Waals surface area (Å²) in [6.07, 6.45) is 4.56. The predicted octanol–water partition coefficient (Wildman–Crippen LogP) is 0.930. The molecule has 1 aliphatic rings. The van der Waals surface area contributed by atoms with Gasteiger partial charge in [-0.1, -0.05) is 12.8 Å². The topological polar surface area (TPSA) is 123 Å². The molecule has 0 radical (unpaired) electrons. The number of amides is 1. The summed E-state index contributed by atoms with van der Waals surface area (Å²) in [5.74, 6) is -0.429. The zero-order chi connectivity index (χ0) is 19.0. The van der Waals surface area contributed by atoms with Crippen LogP contribution in [0, 0.1) is 11.3 Å². The standard InChI is InChI=1S/C16H21N5O3S2/c17-10-3-11-18-26(23,24)14-8-6-12(7-9-14)15(22)20-21-16(25)19-13-4-1-2-5-13/h6-9,13,18H,1-5,11H2,(H,20,22)(H2,19,21,25). The lowest BCUT2D eigenvalue weighted by Crippen LogP contribution is -2.49. The monoisotopic (exact) mass is 395 g/mol. The highest BCUT2D eigenvalue weighted by Crippen LogP contribution is 2.17. The molecule has 8 nitrogen and oxygen atoms in total. The number of hydrogen-bond acceptors (Lipinski definition) is 5. The van der Waals surface area contributed by atoms with Gasteiger partial charge in [-0.25, -0.2) is 13.1 Å². The van der Waals surface area contributed by atoms with Crippen molar-refractivity contribution in [2.45, 2.75) is 43.0 Å². The normalized spacial score (nSPS) is 14.4. The average molecular weight is 396 g/mol. The quantitative estimate of drug-likeness (QED) is 0.321. The Hall–Kier alpha value is -2.22. The number of nitriles is 1. The highest BCUT2D eigenvalue weighted by atomic mass is 32.2. The van der Waals surface area contributed by atoms with Crippen LogP contribution in [-0.4, -0.2) is 32.0 Å². The van der Waals surface area contributed by atoms with Crippen LogP contribution in [0.2, 0.25) is 0 Å². The van der Waals surface area contributed by atoms with Crippen LogP contribution in [0.25, 0.3) is 0 Å². The number of nitrogens with one attached hydrogen (secondary N) is 4. The molecule has 1 saturated carbocycles. The van der Waals surface area contributed by atoms with E-state index in [2.05, 4.69) is 20.9 Å². The molecule has 1 aliphatic carbocycles. The van der Waals surface area contributed by atoms with Gasteiger partial charge in [0.2, 0.25) is 10.0 Å². The van der Waals surface area contributed by atoms with Gasteiger partial charge in [-0.3, -0.25) is 15.6 Å². The molecule has 1 aromatic rings. The van der Waals surface area contributed by atoms with E-state index in [1.54, 1.807) is 0 Å². The van der Waals surface area contributed by atoms with Gasteiger partial charge in [-0.05, 0) is 49.3 Å². The Bertz CT molecular complexity index is 781. The van der Waals surface area contributed by atoms with Gasteiger partial charge < -0.3 is 5.32 Å². The molecule has 26 heavy (non-hydrogen) atoms. The van der Waals surface area contributed by atoms with Gasteiger partial charge in [-0.15, -0.1) is 0 Å². The van der Waals surface area contributed by atoms with Crippen molar-refractivity contribution in [2.75, 3.05) is 6.54 Å². The largest absolute Gasteiger partial charge is 0.359 e. The highest BCUT2D eigenvalue weighted by Gasteiger charge is 2.16. The van der Waals surface area contributed by atoms with E-state index in [-0.39, 0.29) is 23.4 Å². The fraction of sp³-hybridized carbons (Fsp3) is 0.438. The Balaban J connectivity index is 1.85. The molecule has 0 bridgehead atoms. The van der Waals surface area contributed by atoms with Crippen molar-refractivity contribution in [1.29, 1.82) is 5.26 Å². The number of rotatable bonds is 6. The van der Waals surface area contributed by atoms with E-state index in [0.29, 0.717) is 11.2 Å². The van der Waals surface area contributed by atoms with Crippen molar-refractivity contribution in [3.05, 3.63) is 29.8 Å². The summed E-state index contributed by atoms with van der Waals surface area (Å²) >= 11 is 5.13. The first kappa shape index (κ1) is 20.1. The molecule has 0 atom stereocenters. The summed E-state index contributed by atoms with van der Waals surface area (Å²) in [7, 11) is -3.69. The Morgan fingerprint density at radius 2 is 1.85 bits per heavy atom. The molecule has 1 fully saturated rings. The van der Waals surface area contributed by atoms with E-state index >= 15 is 0 Å². The number of hydrogen-bond donors (Lipinski definition) is 4. The summed E-state index contributed by atoms with van der Waals surface area (Å²) in [6, 6.07) is 7.67. The molecule has 1 aromatic carbocycles. The van der Waals surface area contributed by atoms with Crippen molar-refractivity contribution in [3.63, 3.8) is 0 Å². The van der Waals surface area contributed by atoms with E-state index in [1.165, 1.54) is 37.1 Å². The molecule has 0 aliphatic heterocycles. The maximum Gasteiger partial charge on any atom is 0.269 e. The molecule has 0 aromatic heterocycles. The average Bonchev–Trinajstić information content (AvgIpc) is 3.13. The van der Waals surface area contributed by atoms with Gasteiger partial charge in [0, 0.05) is 24.6 Å².